The molecule has 0 bridgehead atoms. The predicted octanol–water partition coefficient (Wildman–Crippen LogP) is 2.36. The van der Waals surface area contributed by atoms with Gasteiger partial charge in [0.25, 0.3) is 5.91 Å². The Kier molecular flexibility index (Phi) is 6.06. The van der Waals surface area contributed by atoms with Gasteiger partial charge in [-0.15, -0.1) is 0 Å². The van der Waals surface area contributed by atoms with Crippen molar-refractivity contribution in [1.29, 1.82) is 0 Å². The number of carbonyl (C=O) groups is 2. The Morgan fingerprint density at radius 2 is 1.64 bits per heavy atom. The number of rotatable bonds is 3. The minimum Gasteiger partial charge on any atom is -0.342 e. The summed E-state index contributed by atoms with van der Waals surface area (Å²) in [6, 6.07) is 4.11. The quantitative estimate of drug-likeness (QED) is 0.766. The second-order valence-corrected chi connectivity index (χ2v) is 7.49. The zero-order chi connectivity index (χ0) is 17.8. The average Bonchev–Trinajstić information content (AvgIpc) is 2.62. The van der Waals surface area contributed by atoms with E-state index in [1.54, 1.807) is 4.90 Å². The van der Waals surface area contributed by atoms with Crippen LogP contribution in [0.1, 0.15) is 29.6 Å². The molecule has 0 aromatic heterocycles. The molecule has 0 aliphatic carbocycles. The van der Waals surface area contributed by atoms with Crippen molar-refractivity contribution < 1.29 is 14.0 Å². The van der Waals surface area contributed by atoms with Gasteiger partial charge < -0.3 is 9.80 Å². The van der Waals surface area contributed by atoms with Gasteiger partial charge in [0.2, 0.25) is 5.91 Å². The van der Waals surface area contributed by atoms with Gasteiger partial charge in [0.15, 0.2) is 0 Å². The van der Waals surface area contributed by atoms with Crippen molar-refractivity contribution in [3.63, 3.8) is 0 Å². The van der Waals surface area contributed by atoms with Gasteiger partial charge in [-0.1, -0.05) is 0 Å². The Morgan fingerprint density at radius 1 is 0.960 bits per heavy atom. The van der Waals surface area contributed by atoms with E-state index in [1.165, 1.54) is 24.6 Å². The van der Waals surface area contributed by atoms with E-state index in [9.17, 15) is 14.0 Å². The molecule has 0 spiro atoms. The summed E-state index contributed by atoms with van der Waals surface area (Å²) in [7, 11) is 0. The lowest BCUT2D eigenvalue weighted by atomic mass is 10.1. The van der Waals surface area contributed by atoms with E-state index in [2.05, 4.69) is 20.8 Å². The number of amides is 2. The molecule has 0 saturated carbocycles. The molecular formula is C18H23BrFN3O2. The van der Waals surface area contributed by atoms with Gasteiger partial charge in [-0.25, -0.2) is 4.39 Å². The summed E-state index contributed by atoms with van der Waals surface area (Å²) >= 11 is 3.25. The SMILES string of the molecule is O=C(CN1CCN(C(=O)c2ccc(F)cc2Br)CC1)N1CCCCC1. The monoisotopic (exact) mass is 411 g/mol. The van der Waals surface area contributed by atoms with E-state index in [0.717, 1.165) is 25.9 Å². The van der Waals surface area contributed by atoms with Crippen molar-refractivity contribution in [2.75, 3.05) is 45.8 Å². The van der Waals surface area contributed by atoms with Crippen molar-refractivity contribution in [3.8, 4) is 0 Å². The van der Waals surface area contributed by atoms with Crippen LogP contribution in [0.5, 0.6) is 0 Å². The highest BCUT2D eigenvalue weighted by atomic mass is 79.9. The highest BCUT2D eigenvalue weighted by Crippen LogP contribution is 2.20. The van der Waals surface area contributed by atoms with Crippen LogP contribution in [0.15, 0.2) is 22.7 Å². The van der Waals surface area contributed by atoms with Crippen LogP contribution in [0.4, 0.5) is 4.39 Å². The Bertz CT molecular complexity index is 641. The first-order chi connectivity index (χ1) is 12.0. The molecule has 2 fully saturated rings. The summed E-state index contributed by atoms with van der Waals surface area (Å²) in [6.45, 7) is 4.70. The lowest BCUT2D eigenvalue weighted by Gasteiger charge is -2.36. The molecule has 2 heterocycles. The molecule has 5 nitrogen and oxygen atoms in total. The first-order valence-corrected chi connectivity index (χ1v) is 9.58. The van der Waals surface area contributed by atoms with Crippen LogP contribution in [0, 0.1) is 5.82 Å². The Morgan fingerprint density at radius 3 is 2.28 bits per heavy atom. The fourth-order valence-electron chi connectivity index (χ4n) is 3.38. The van der Waals surface area contributed by atoms with Crippen molar-refractivity contribution in [1.82, 2.24) is 14.7 Å². The second-order valence-electron chi connectivity index (χ2n) is 6.63. The maximum Gasteiger partial charge on any atom is 0.255 e. The minimum atomic E-state index is -0.371. The van der Waals surface area contributed by atoms with Crippen molar-refractivity contribution in [3.05, 3.63) is 34.1 Å². The number of carbonyl (C=O) groups excluding carboxylic acids is 2. The Hall–Kier alpha value is -1.47. The van der Waals surface area contributed by atoms with Crippen LogP contribution in [-0.2, 0) is 4.79 Å². The lowest BCUT2D eigenvalue weighted by Crippen LogP contribution is -2.52. The molecule has 2 amide bonds. The summed E-state index contributed by atoms with van der Waals surface area (Å²) in [5.74, 6) is -0.279. The summed E-state index contributed by atoms with van der Waals surface area (Å²) in [6.07, 6.45) is 3.41. The van der Waals surface area contributed by atoms with Gasteiger partial charge in [0.1, 0.15) is 5.82 Å². The molecule has 2 aliphatic heterocycles. The van der Waals surface area contributed by atoms with Gasteiger partial charge in [-0.2, -0.15) is 0 Å². The molecule has 7 heteroatoms. The predicted molar refractivity (Wildman–Crippen MR) is 96.9 cm³/mol. The van der Waals surface area contributed by atoms with E-state index in [1.807, 2.05) is 4.90 Å². The molecule has 2 saturated heterocycles. The number of nitrogens with zero attached hydrogens (tertiary/aromatic N) is 3. The Labute approximate surface area is 155 Å². The molecule has 25 heavy (non-hydrogen) atoms. The van der Waals surface area contributed by atoms with Crippen LogP contribution in [0.2, 0.25) is 0 Å². The van der Waals surface area contributed by atoms with Gasteiger partial charge in [-0.3, -0.25) is 14.5 Å². The molecule has 0 unspecified atom stereocenters. The zero-order valence-electron chi connectivity index (χ0n) is 14.2. The highest BCUT2D eigenvalue weighted by Gasteiger charge is 2.26. The number of halogens is 2. The first kappa shape index (κ1) is 18.3. The zero-order valence-corrected chi connectivity index (χ0v) is 15.8. The Balaban J connectivity index is 1.51. The third kappa shape index (κ3) is 4.58. The fourth-order valence-corrected chi connectivity index (χ4v) is 3.90. The van der Waals surface area contributed by atoms with Gasteiger partial charge in [0.05, 0.1) is 12.1 Å². The normalized spacial score (nSPS) is 19.1. The largest absolute Gasteiger partial charge is 0.342 e. The van der Waals surface area contributed by atoms with Crippen LogP contribution >= 0.6 is 15.9 Å². The maximum absolute atomic E-state index is 13.2. The van der Waals surface area contributed by atoms with Crippen molar-refractivity contribution >= 4 is 27.7 Å². The third-order valence-electron chi connectivity index (χ3n) is 4.89. The van der Waals surface area contributed by atoms with E-state index in [-0.39, 0.29) is 17.6 Å². The molecule has 136 valence electrons. The standard InChI is InChI=1S/C18H23BrFN3O2/c19-16-12-14(20)4-5-15(16)18(25)23-10-8-21(9-11-23)13-17(24)22-6-2-1-3-7-22/h4-5,12H,1-3,6-11,13H2. The summed E-state index contributed by atoms with van der Waals surface area (Å²) in [5.41, 5.74) is 0.472. The number of benzene rings is 1. The molecule has 0 atom stereocenters. The number of piperazine rings is 1. The lowest BCUT2D eigenvalue weighted by molar-refractivity contribution is -0.133. The highest BCUT2D eigenvalue weighted by molar-refractivity contribution is 9.10. The summed E-state index contributed by atoms with van der Waals surface area (Å²) < 4.78 is 13.7. The molecule has 0 N–H and O–H groups in total. The van der Waals surface area contributed by atoms with E-state index >= 15 is 0 Å². The minimum absolute atomic E-state index is 0.103. The van der Waals surface area contributed by atoms with Gasteiger partial charge >= 0.3 is 0 Å². The van der Waals surface area contributed by atoms with Crippen LogP contribution in [0.25, 0.3) is 0 Å². The van der Waals surface area contributed by atoms with Crippen LogP contribution in [0.3, 0.4) is 0 Å². The first-order valence-electron chi connectivity index (χ1n) is 8.79. The molecule has 3 rings (SSSR count). The number of hydrogen-bond acceptors (Lipinski definition) is 3. The van der Waals surface area contributed by atoms with E-state index < -0.39 is 0 Å². The summed E-state index contributed by atoms with van der Waals surface area (Å²) in [4.78, 5) is 30.8. The number of hydrogen-bond donors (Lipinski definition) is 0. The second kappa shape index (κ2) is 8.27. The number of likely N-dealkylation sites (tertiary alicyclic amines) is 1. The van der Waals surface area contributed by atoms with E-state index in [4.69, 9.17) is 0 Å². The van der Waals surface area contributed by atoms with Crippen molar-refractivity contribution in [2.45, 2.75) is 19.3 Å². The van der Waals surface area contributed by atoms with E-state index in [0.29, 0.717) is 42.8 Å². The topological polar surface area (TPSA) is 43.9 Å². The van der Waals surface area contributed by atoms with Crippen LogP contribution < -0.4 is 0 Å². The molecule has 2 aliphatic rings. The van der Waals surface area contributed by atoms with Crippen LogP contribution in [-0.4, -0.2) is 72.3 Å². The molecule has 1 aromatic rings. The van der Waals surface area contributed by atoms with Crippen molar-refractivity contribution in [2.24, 2.45) is 0 Å². The van der Waals surface area contributed by atoms with Gasteiger partial charge in [0, 0.05) is 43.7 Å². The fraction of sp³-hybridized carbons (Fsp3) is 0.556. The third-order valence-corrected chi connectivity index (χ3v) is 5.54. The molecular weight excluding hydrogens is 389 g/mol. The molecule has 0 radical (unpaired) electrons. The maximum atomic E-state index is 13.2. The smallest absolute Gasteiger partial charge is 0.255 e. The van der Waals surface area contributed by atoms with Gasteiger partial charge in [-0.05, 0) is 53.4 Å². The summed E-state index contributed by atoms with van der Waals surface area (Å²) in [5, 5.41) is 0. The molecule has 1 aromatic carbocycles. The number of piperidine rings is 1. The average molecular weight is 412 g/mol.